The minimum atomic E-state index is 0. The summed E-state index contributed by atoms with van der Waals surface area (Å²) in [6, 6.07) is 18.3. The minimum absolute atomic E-state index is 0. The van der Waals surface area contributed by atoms with Gasteiger partial charge in [0, 0.05) is 33.4 Å². The molecule has 3 rings (SSSR count). The molecule has 1 unspecified atom stereocenters. The van der Waals surface area contributed by atoms with Gasteiger partial charge in [-0.1, -0.05) is 42.5 Å². The van der Waals surface area contributed by atoms with E-state index in [-0.39, 0.29) is 24.0 Å². The van der Waals surface area contributed by atoms with Crippen LogP contribution in [-0.4, -0.2) is 45.5 Å². The molecule has 1 saturated heterocycles. The maximum Gasteiger partial charge on any atom is 0.191 e. The monoisotopic (exact) mass is 539 g/mol. The number of halogens is 1. The average molecular weight is 539 g/mol. The SMILES string of the molecule is CN=C(NCCCOCC1CCCO1)NCc1ccc(COc2ccccc2)cc1.I. The Labute approximate surface area is 202 Å². The third-order valence-electron chi connectivity index (χ3n) is 4.94. The molecule has 0 saturated carbocycles. The number of nitrogens with one attached hydrogen (secondary N) is 2. The van der Waals surface area contributed by atoms with E-state index in [2.05, 4.69) is 39.9 Å². The first-order chi connectivity index (χ1) is 14.8. The highest BCUT2D eigenvalue weighted by atomic mass is 127. The smallest absolute Gasteiger partial charge is 0.191 e. The van der Waals surface area contributed by atoms with Crippen LogP contribution in [0.25, 0.3) is 0 Å². The summed E-state index contributed by atoms with van der Waals surface area (Å²) >= 11 is 0. The molecule has 0 aromatic heterocycles. The maximum absolute atomic E-state index is 5.79. The molecule has 0 aliphatic carbocycles. The third kappa shape index (κ3) is 9.88. The fraction of sp³-hybridized carbons (Fsp3) is 0.458. The highest BCUT2D eigenvalue weighted by Crippen LogP contribution is 2.13. The number of aliphatic imine (C=N–C) groups is 1. The second-order valence-electron chi connectivity index (χ2n) is 7.33. The molecule has 2 aromatic rings. The standard InChI is InChI=1S/C24H33N3O3.HI/c1-25-24(26-14-6-15-28-19-23-9-5-16-29-23)27-17-20-10-12-21(13-11-20)18-30-22-7-3-2-4-8-22;/h2-4,7-8,10-13,23H,5-6,9,14-19H2,1H3,(H2,25,26,27);1H. The molecule has 6 nitrogen and oxygen atoms in total. The van der Waals surface area contributed by atoms with E-state index in [0.717, 1.165) is 62.8 Å². The van der Waals surface area contributed by atoms with Gasteiger partial charge in [0.05, 0.1) is 12.7 Å². The lowest BCUT2D eigenvalue weighted by molar-refractivity contribution is 0.0168. The molecule has 170 valence electrons. The first-order valence-corrected chi connectivity index (χ1v) is 10.7. The van der Waals surface area contributed by atoms with E-state index in [4.69, 9.17) is 14.2 Å². The van der Waals surface area contributed by atoms with Gasteiger partial charge in [-0.25, -0.2) is 0 Å². The van der Waals surface area contributed by atoms with Crippen LogP contribution in [0.1, 0.15) is 30.4 Å². The fourth-order valence-electron chi connectivity index (χ4n) is 3.21. The van der Waals surface area contributed by atoms with Crippen molar-refractivity contribution in [2.75, 3.05) is 33.4 Å². The number of ether oxygens (including phenoxy) is 3. The summed E-state index contributed by atoms with van der Waals surface area (Å²) in [5.74, 6) is 1.68. The van der Waals surface area contributed by atoms with Crippen molar-refractivity contribution >= 4 is 29.9 Å². The first kappa shape index (κ1) is 25.4. The van der Waals surface area contributed by atoms with E-state index in [1.165, 1.54) is 5.56 Å². The van der Waals surface area contributed by atoms with Crippen LogP contribution < -0.4 is 15.4 Å². The van der Waals surface area contributed by atoms with Gasteiger partial charge in [-0.3, -0.25) is 4.99 Å². The van der Waals surface area contributed by atoms with Crippen molar-refractivity contribution in [1.29, 1.82) is 0 Å². The van der Waals surface area contributed by atoms with E-state index in [1.807, 2.05) is 30.3 Å². The number of nitrogens with zero attached hydrogens (tertiary/aromatic N) is 1. The first-order valence-electron chi connectivity index (χ1n) is 10.7. The quantitative estimate of drug-likeness (QED) is 0.195. The number of para-hydroxylation sites is 1. The summed E-state index contributed by atoms with van der Waals surface area (Å²) in [5, 5.41) is 6.67. The predicted molar refractivity (Wildman–Crippen MR) is 135 cm³/mol. The Morgan fingerprint density at radius 3 is 2.55 bits per heavy atom. The summed E-state index contributed by atoms with van der Waals surface area (Å²) in [4.78, 5) is 4.28. The van der Waals surface area contributed by atoms with Crippen molar-refractivity contribution in [1.82, 2.24) is 10.6 Å². The van der Waals surface area contributed by atoms with Crippen LogP contribution in [0.5, 0.6) is 5.75 Å². The van der Waals surface area contributed by atoms with E-state index < -0.39 is 0 Å². The van der Waals surface area contributed by atoms with Crippen molar-refractivity contribution in [2.45, 2.75) is 38.5 Å². The van der Waals surface area contributed by atoms with E-state index >= 15 is 0 Å². The highest BCUT2D eigenvalue weighted by Gasteiger charge is 2.14. The van der Waals surface area contributed by atoms with Gasteiger partial charge < -0.3 is 24.8 Å². The van der Waals surface area contributed by atoms with Gasteiger partial charge in [0.15, 0.2) is 5.96 Å². The Kier molecular flexibility index (Phi) is 12.3. The molecular formula is C24H34IN3O3. The number of guanidine groups is 1. The van der Waals surface area contributed by atoms with Crippen LogP contribution in [0, 0.1) is 0 Å². The van der Waals surface area contributed by atoms with Gasteiger partial charge in [-0.15, -0.1) is 24.0 Å². The molecule has 2 N–H and O–H groups in total. The van der Waals surface area contributed by atoms with E-state index in [9.17, 15) is 0 Å². The Bertz CT molecular complexity index is 750. The summed E-state index contributed by atoms with van der Waals surface area (Å²) in [5.41, 5.74) is 2.34. The van der Waals surface area contributed by atoms with Crippen LogP contribution in [0.15, 0.2) is 59.6 Å². The average Bonchev–Trinajstić information content (AvgIpc) is 3.32. The Morgan fingerprint density at radius 1 is 1.06 bits per heavy atom. The minimum Gasteiger partial charge on any atom is -0.489 e. The molecule has 0 radical (unpaired) electrons. The van der Waals surface area contributed by atoms with E-state index in [1.54, 1.807) is 7.05 Å². The summed E-state index contributed by atoms with van der Waals surface area (Å²) in [6.07, 6.45) is 3.50. The summed E-state index contributed by atoms with van der Waals surface area (Å²) in [6.45, 7) is 4.42. The molecule has 2 aromatic carbocycles. The molecule has 31 heavy (non-hydrogen) atoms. The Morgan fingerprint density at radius 2 is 1.84 bits per heavy atom. The normalized spacial score (nSPS) is 15.9. The number of benzene rings is 2. The molecule has 0 spiro atoms. The molecule has 1 heterocycles. The van der Waals surface area contributed by atoms with Gasteiger partial charge in [-0.05, 0) is 42.5 Å². The van der Waals surface area contributed by atoms with Gasteiger partial charge in [0.25, 0.3) is 0 Å². The molecule has 1 atom stereocenters. The van der Waals surface area contributed by atoms with Gasteiger partial charge in [-0.2, -0.15) is 0 Å². The maximum atomic E-state index is 5.79. The Balaban J connectivity index is 0.00000341. The van der Waals surface area contributed by atoms with Crippen LogP contribution in [0.4, 0.5) is 0 Å². The zero-order valence-corrected chi connectivity index (χ0v) is 20.5. The molecular weight excluding hydrogens is 505 g/mol. The molecule has 1 fully saturated rings. The summed E-state index contributed by atoms with van der Waals surface area (Å²) in [7, 11) is 1.79. The predicted octanol–water partition coefficient (Wildman–Crippen LogP) is 4.13. The zero-order chi connectivity index (χ0) is 20.9. The topological polar surface area (TPSA) is 64.1 Å². The largest absolute Gasteiger partial charge is 0.489 e. The molecule has 0 amide bonds. The lowest BCUT2D eigenvalue weighted by Crippen LogP contribution is -2.37. The molecule has 1 aliphatic heterocycles. The van der Waals surface area contributed by atoms with Gasteiger partial charge >= 0.3 is 0 Å². The Hall–Kier alpha value is -1.84. The van der Waals surface area contributed by atoms with Crippen molar-refractivity contribution < 1.29 is 14.2 Å². The van der Waals surface area contributed by atoms with Crippen molar-refractivity contribution in [3.8, 4) is 5.75 Å². The fourth-order valence-corrected chi connectivity index (χ4v) is 3.21. The molecule has 7 heteroatoms. The van der Waals surface area contributed by atoms with Crippen molar-refractivity contribution in [3.05, 3.63) is 65.7 Å². The molecule has 1 aliphatic rings. The highest BCUT2D eigenvalue weighted by molar-refractivity contribution is 14.0. The van der Waals surface area contributed by atoms with Crippen molar-refractivity contribution in [2.24, 2.45) is 4.99 Å². The van der Waals surface area contributed by atoms with Crippen LogP contribution in [-0.2, 0) is 22.6 Å². The van der Waals surface area contributed by atoms with Crippen LogP contribution in [0.2, 0.25) is 0 Å². The number of hydrogen-bond donors (Lipinski definition) is 2. The van der Waals surface area contributed by atoms with E-state index in [0.29, 0.717) is 19.3 Å². The third-order valence-corrected chi connectivity index (χ3v) is 4.94. The van der Waals surface area contributed by atoms with Crippen LogP contribution in [0.3, 0.4) is 0 Å². The second-order valence-corrected chi connectivity index (χ2v) is 7.33. The zero-order valence-electron chi connectivity index (χ0n) is 18.2. The lowest BCUT2D eigenvalue weighted by Gasteiger charge is -2.13. The second kappa shape index (κ2) is 15.0. The van der Waals surface area contributed by atoms with Gasteiger partial charge in [0.1, 0.15) is 12.4 Å². The molecule has 0 bridgehead atoms. The lowest BCUT2D eigenvalue weighted by atomic mass is 10.1. The number of rotatable bonds is 11. The summed E-state index contributed by atoms with van der Waals surface area (Å²) < 4.78 is 17.0. The number of hydrogen-bond acceptors (Lipinski definition) is 4. The van der Waals surface area contributed by atoms with Crippen LogP contribution >= 0.6 is 24.0 Å². The van der Waals surface area contributed by atoms with Crippen molar-refractivity contribution in [3.63, 3.8) is 0 Å². The van der Waals surface area contributed by atoms with Gasteiger partial charge in [0.2, 0.25) is 0 Å².